The first-order valence-corrected chi connectivity index (χ1v) is 8.22. The summed E-state index contributed by atoms with van der Waals surface area (Å²) < 4.78 is 0. The fraction of sp³-hybridized carbons (Fsp3) is 0.875. The van der Waals surface area contributed by atoms with E-state index in [1.165, 1.54) is 0 Å². The Balaban J connectivity index is 0.00000441. The molecule has 0 heterocycles. The summed E-state index contributed by atoms with van der Waals surface area (Å²) in [6.07, 6.45) is 5.43. The first-order valence-electron chi connectivity index (χ1n) is 8.22. The van der Waals surface area contributed by atoms with Crippen LogP contribution in [-0.2, 0) is 9.59 Å². The highest BCUT2D eigenvalue weighted by molar-refractivity contribution is 5.85. The molecule has 2 amide bonds. The predicted octanol–water partition coefficient (Wildman–Crippen LogP) is 1.98. The van der Waals surface area contributed by atoms with E-state index in [1.807, 2.05) is 6.92 Å². The van der Waals surface area contributed by atoms with Crippen molar-refractivity contribution in [1.82, 2.24) is 10.6 Å². The number of nitrogens with one attached hydrogen (secondary N) is 2. The Labute approximate surface area is 140 Å². The van der Waals surface area contributed by atoms with Crippen molar-refractivity contribution < 1.29 is 9.59 Å². The highest BCUT2D eigenvalue weighted by atomic mass is 35.5. The number of amides is 2. The number of hydrogen-bond acceptors (Lipinski definition) is 3. The van der Waals surface area contributed by atoms with E-state index in [1.54, 1.807) is 0 Å². The van der Waals surface area contributed by atoms with Crippen LogP contribution >= 0.6 is 12.4 Å². The molecule has 0 radical (unpaired) electrons. The molecule has 5 nitrogen and oxygen atoms in total. The summed E-state index contributed by atoms with van der Waals surface area (Å²) in [6, 6.07) is -0.106. The van der Waals surface area contributed by atoms with E-state index >= 15 is 0 Å². The van der Waals surface area contributed by atoms with E-state index in [9.17, 15) is 9.59 Å². The fourth-order valence-corrected chi connectivity index (χ4v) is 2.95. The van der Waals surface area contributed by atoms with Crippen molar-refractivity contribution in [3.05, 3.63) is 0 Å². The Bertz CT molecular complexity index is 344. The number of carbonyl (C=O) groups is 2. The first-order chi connectivity index (χ1) is 9.92. The molecule has 4 N–H and O–H groups in total. The van der Waals surface area contributed by atoms with Gasteiger partial charge < -0.3 is 16.4 Å². The largest absolute Gasteiger partial charge is 0.353 e. The summed E-state index contributed by atoms with van der Waals surface area (Å²) >= 11 is 0. The van der Waals surface area contributed by atoms with Gasteiger partial charge in [0.15, 0.2) is 0 Å². The maximum atomic E-state index is 12.0. The third-order valence-corrected chi connectivity index (χ3v) is 4.01. The number of carbonyl (C=O) groups excluding carboxylic acids is 2. The molecule has 0 bridgehead atoms. The number of nitrogens with two attached hydrogens (primary N) is 1. The van der Waals surface area contributed by atoms with Gasteiger partial charge in [-0.2, -0.15) is 0 Å². The number of halogens is 1. The molecule has 0 aliphatic heterocycles. The summed E-state index contributed by atoms with van der Waals surface area (Å²) in [4.78, 5) is 24.0. The first kappa shape index (κ1) is 21.2. The summed E-state index contributed by atoms with van der Waals surface area (Å²) in [7, 11) is 0. The van der Waals surface area contributed by atoms with Gasteiger partial charge in [0.25, 0.3) is 0 Å². The van der Waals surface area contributed by atoms with Gasteiger partial charge in [0.05, 0.1) is 0 Å². The van der Waals surface area contributed by atoms with Crippen LogP contribution in [0.15, 0.2) is 0 Å². The van der Waals surface area contributed by atoms with E-state index in [0.29, 0.717) is 18.9 Å². The van der Waals surface area contributed by atoms with Crippen LogP contribution in [0.1, 0.15) is 59.3 Å². The minimum Gasteiger partial charge on any atom is -0.353 e. The highest BCUT2D eigenvalue weighted by Crippen LogP contribution is 2.24. The van der Waals surface area contributed by atoms with Gasteiger partial charge in [-0.05, 0) is 32.1 Å². The molecule has 0 aromatic heterocycles. The third-order valence-electron chi connectivity index (χ3n) is 4.01. The smallest absolute Gasteiger partial charge is 0.223 e. The van der Waals surface area contributed by atoms with Crippen LogP contribution in [0.2, 0.25) is 0 Å². The molecule has 1 fully saturated rings. The summed E-state index contributed by atoms with van der Waals surface area (Å²) in [5.74, 6) is 0.710. The highest BCUT2D eigenvalue weighted by Gasteiger charge is 2.24. The Morgan fingerprint density at radius 1 is 1.14 bits per heavy atom. The molecule has 0 spiro atoms. The Morgan fingerprint density at radius 3 is 2.23 bits per heavy atom. The van der Waals surface area contributed by atoms with Crippen molar-refractivity contribution in [2.45, 2.75) is 71.4 Å². The van der Waals surface area contributed by atoms with Crippen molar-refractivity contribution in [3.8, 4) is 0 Å². The van der Waals surface area contributed by atoms with Gasteiger partial charge in [-0.25, -0.2) is 0 Å². The molecule has 2 atom stereocenters. The van der Waals surface area contributed by atoms with Gasteiger partial charge in [0.2, 0.25) is 11.8 Å². The van der Waals surface area contributed by atoms with E-state index < -0.39 is 0 Å². The second-order valence-electron chi connectivity index (χ2n) is 6.72. The standard InChI is InChI=1S/C16H31N3O2.ClH/c1-11(2)8-14(10-17)19-15(20)9-12(3)18-16(21)13-6-4-5-7-13;/h11-14H,4-10,17H2,1-3H3,(H,18,21)(H,19,20);1H. The lowest BCUT2D eigenvalue weighted by Gasteiger charge is -2.21. The van der Waals surface area contributed by atoms with Gasteiger partial charge in [-0.15, -0.1) is 12.4 Å². The molecule has 1 rings (SSSR count). The SMILES string of the molecule is CC(C)CC(CN)NC(=O)CC(C)NC(=O)C1CCCC1.Cl. The van der Waals surface area contributed by atoms with Crippen LogP contribution in [0.25, 0.3) is 0 Å². The predicted molar refractivity (Wildman–Crippen MR) is 91.9 cm³/mol. The number of hydrogen-bond donors (Lipinski definition) is 3. The second-order valence-corrected chi connectivity index (χ2v) is 6.72. The molecule has 6 heteroatoms. The molecular weight excluding hydrogens is 302 g/mol. The van der Waals surface area contributed by atoms with E-state index in [4.69, 9.17) is 5.73 Å². The van der Waals surface area contributed by atoms with E-state index in [2.05, 4.69) is 24.5 Å². The number of rotatable bonds is 8. The zero-order valence-electron chi connectivity index (χ0n) is 14.1. The van der Waals surface area contributed by atoms with Crippen LogP contribution in [0.4, 0.5) is 0 Å². The Hall–Kier alpha value is -0.810. The lowest BCUT2D eigenvalue weighted by Crippen LogP contribution is -2.44. The molecule has 1 saturated carbocycles. The normalized spacial score (nSPS) is 17.7. The van der Waals surface area contributed by atoms with E-state index in [-0.39, 0.29) is 42.2 Å². The van der Waals surface area contributed by atoms with Crippen molar-refractivity contribution >= 4 is 24.2 Å². The summed E-state index contributed by atoms with van der Waals surface area (Å²) in [6.45, 7) is 6.55. The van der Waals surface area contributed by atoms with E-state index in [0.717, 1.165) is 32.1 Å². The fourth-order valence-electron chi connectivity index (χ4n) is 2.95. The third kappa shape index (κ3) is 7.99. The zero-order chi connectivity index (χ0) is 15.8. The Kier molecular flexibility index (Phi) is 10.4. The summed E-state index contributed by atoms with van der Waals surface area (Å²) in [5.41, 5.74) is 5.68. The van der Waals surface area contributed by atoms with Crippen molar-refractivity contribution in [3.63, 3.8) is 0 Å². The lowest BCUT2D eigenvalue weighted by molar-refractivity contribution is -0.126. The lowest BCUT2D eigenvalue weighted by atomic mass is 10.0. The van der Waals surface area contributed by atoms with Crippen LogP contribution in [-0.4, -0.2) is 30.4 Å². The molecular formula is C16H32ClN3O2. The van der Waals surface area contributed by atoms with Crippen molar-refractivity contribution in [2.24, 2.45) is 17.6 Å². The van der Waals surface area contributed by atoms with Crippen LogP contribution in [0.5, 0.6) is 0 Å². The van der Waals surface area contributed by atoms with Crippen molar-refractivity contribution in [2.75, 3.05) is 6.54 Å². The molecule has 2 unspecified atom stereocenters. The molecule has 1 aliphatic carbocycles. The van der Waals surface area contributed by atoms with Crippen LogP contribution < -0.4 is 16.4 Å². The minimum atomic E-state index is -0.129. The molecule has 22 heavy (non-hydrogen) atoms. The topological polar surface area (TPSA) is 84.2 Å². The quantitative estimate of drug-likeness (QED) is 0.635. The molecule has 0 aromatic carbocycles. The monoisotopic (exact) mass is 333 g/mol. The molecule has 0 aromatic rings. The second kappa shape index (κ2) is 10.8. The zero-order valence-corrected chi connectivity index (χ0v) is 14.9. The molecule has 0 saturated heterocycles. The molecule has 130 valence electrons. The average molecular weight is 334 g/mol. The molecule has 1 aliphatic rings. The maximum Gasteiger partial charge on any atom is 0.223 e. The minimum absolute atomic E-state index is 0. The Morgan fingerprint density at radius 2 is 1.73 bits per heavy atom. The average Bonchev–Trinajstić information content (AvgIpc) is 2.90. The van der Waals surface area contributed by atoms with Gasteiger partial charge >= 0.3 is 0 Å². The van der Waals surface area contributed by atoms with Gasteiger partial charge in [0, 0.05) is 31.0 Å². The van der Waals surface area contributed by atoms with Crippen molar-refractivity contribution in [1.29, 1.82) is 0 Å². The van der Waals surface area contributed by atoms with Gasteiger partial charge in [-0.3, -0.25) is 9.59 Å². The van der Waals surface area contributed by atoms with Gasteiger partial charge in [-0.1, -0.05) is 26.7 Å². The summed E-state index contributed by atoms with van der Waals surface area (Å²) in [5, 5.41) is 5.91. The van der Waals surface area contributed by atoms with Crippen LogP contribution in [0, 0.1) is 11.8 Å². The van der Waals surface area contributed by atoms with Crippen LogP contribution in [0.3, 0.4) is 0 Å². The maximum absolute atomic E-state index is 12.0. The van der Waals surface area contributed by atoms with Gasteiger partial charge in [0.1, 0.15) is 0 Å².